The lowest BCUT2D eigenvalue weighted by Gasteiger charge is -2.33. The van der Waals surface area contributed by atoms with Gasteiger partial charge in [-0.2, -0.15) is 0 Å². The largest absolute Gasteiger partial charge is 0.481 e. The van der Waals surface area contributed by atoms with E-state index in [1.54, 1.807) is 0 Å². The van der Waals surface area contributed by atoms with E-state index in [1.807, 2.05) is 0 Å². The second kappa shape index (κ2) is 7.06. The fourth-order valence-corrected chi connectivity index (χ4v) is 3.16. The van der Waals surface area contributed by atoms with Crippen LogP contribution in [0, 0.1) is 17.0 Å². The maximum absolute atomic E-state index is 13.7. The van der Waals surface area contributed by atoms with Crippen molar-refractivity contribution in [2.24, 2.45) is 5.41 Å². The van der Waals surface area contributed by atoms with Crippen LogP contribution in [0.4, 0.5) is 8.78 Å². The number of rotatable bonds is 5. The molecule has 1 amide bonds. The molecule has 0 saturated heterocycles. The number of carbonyl (C=O) groups excluding carboxylic acids is 1. The quantitative estimate of drug-likeness (QED) is 0.873. The van der Waals surface area contributed by atoms with Crippen molar-refractivity contribution in [3.63, 3.8) is 0 Å². The highest BCUT2D eigenvalue weighted by Gasteiger charge is 2.40. The number of carbonyl (C=O) groups is 2. The molecule has 0 aromatic heterocycles. The predicted octanol–water partition coefficient (Wildman–Crippen LogP) is 3.22. The highest BCUT2D eigenvalue weighted by Crippen LogP contribution is 2.36. The second-order valence-electron chi connectivity index (χ2n) is 6.22. The van der Waals surface area contributed by atoms with Gasteiger partial charge in [0.05, 0.1) is 11.3 Å². The molecule has 1 unspecified atom stereocenters. The molecule has 126 valence electrons. The summed E-state index contributed by atoms with van der Waals surface area (Å²) in [5.74, 6) is -4.08. The van der Waals surface area contributed by atoms with Crippen LogP contribution in [-0.2, 0) is 9.59 Å². The topological polar surface area (TPSA) is 66.4 Å². The first kappa shape index (κ1) is 17.4. The Morgan fingerprint density at radius 3 is 2.30 bits per heavy atom. The van der Waals surface area contributed by atoms with Gasteiger partial charge in [-0.15, -0.1) is 0 Å². The predicted molar refractivity (Wildman–Crippen MR) is 80.9 cm³/mol. The van der Waals surface area contributed by atoms with Crippen molar-refractivity contribution in [1.82, 2.24) is 5.32 Å². The van der Waals surface area contributed by atoms with Crippen LogP contribution in [0.1, 0.15) is 50.5 Å². The van der Waals surface area contributed by atoms with Gasteiger partial charge in [-0.3, -0.25) is 9.59 Å². The Labute approximate surface area is 133 Å². The Morgan fingerprint density at radius 2 is 1.78 bits per heavy atom. The molecule has 4 nitrogen and oxygen atoms in total. The second-order valence-corrected chi connectivity index (χ2v) is 6.22. The molecule has 0 spiro atoms. The first-order valence-electron chi connectivity index (χ1n) is 7.82. The normalized spacial score (nSPS) is 18.2. The van der Waals surface area contributed by atoms with Crippen LogP contribution in [0.3, 0.4) is 0 Å². The molecule has 0 heterocycles. The maximum atomic E-state index is 13.7. The third-order valence-corrected chi connectivity index (χ3v) is 4.69. The monoisotopic (exact) mass is 325 g/mol. The number of hydrogen-bond donors (Lipinski definition) is 2. The molecule has 0 radical (unpaired) electrons. The van der Waals surface area contributed by atoms with Gasteiger partial charge in [-0.25, -0.2) is 8.78 Å². The van der Waals surface area contributed by atoms with Crippen molar-refractivity contribution in [2.75, 3.05) is 6.54 Å². The lowest BCUT2D eigenvalue weighted by molar-refractivity contribution is -0.151. The van der Waals surface area contributed by atoms with Gasteiger partial charge in [-0.1, -0.05) is 25.3 Å². The molecule has 1 aliphatic rings. The van der Waals surface area contributed by atoms with Gasteiger partial charge >= 0.3 is 5.97 Å². The van der Waals surface area contributed by atoms with Gasteiger partial charge < -0.3 is 10.4 Å². The van der Waals surface area contributed by atoms with E-state index in [-0.39, 0.29) is 12.1 Å². The van der Waals surface area contributed by atoms with Crippen molar-refractivity contribution >= 4 is 11.9 Å². The number of halogens is 2. The van der Waals surface area contributed by atoms with Crippen molar-refractivity contribution < 1.29 is 23.5 Å². The summed E-state index contributed by atoms with van der Waals surface area (Å²) in [6, 6.07) is 3.43. The number of nitrogens with one attached hydrogen (secondary N) is 1. The van der Waals surface area contributed by atoms with E-state index in [4.69, 9.17) is 0 Å². The molecule has 1 fully saturated rings. The van der Waals surface area contributed by atoms with Gasteiger partial charge in [0.2, 0.25) is 5.91 Å². The van der Waals surface area contributed by atoms with Crippen molar-refractivity contribution in [1.29, 1.82) is 0 Å². The fourth-order valence-electron chi connectivity index (χ4n) is 3.16. The average molecular weight is 325 g/mol. The average Bonchev–Trinajstić information content (AvgIpc) is 2.53. The minimum Gasteiger partial charge on any atom is -0.481 e. The lowest BCUT2D eigenvalue weighted by atomic mass is 9.74. The zero-order chi connectivity index (χ0) is 17.0. The van der Waals surface area contributed by atoms with Gasteiger partial charge in [0.15, 0.2) is 0 Å². The smallest absolute Gasteiger partial charge is 0.311 e. The van der Waals surface area contributed by atoms with Gasteiger partial charge in [-0.05, 0) is 31.9 Å². The van der Waals surface area contributed by atoms with Crippen LogP contribution >= 0.6 is 0 Å². The molecular formula is C17H21F2NO3. The van der Waals surface area contributed by atoms with Crippen molar-refractivity contribution in [3.05, 3.63) is 35.4 Å². The van der Waals surface area contributed by atoms with Crippen LogP contribution in [0.5, 0.6) is 0 Å². The number of amides is 1. The Morgan fingerprint density at radius 1 is 1.22 bits per heavy atom. The molecule has 1 aromatic carbocycles. The Hall–Kier alpha value is -1.98. The van der Waals surface area contributed by atoms with E-state index >= 15 is 0 Å². The van der Waals surface area contributed by atoms with Crippen molar-refractivity contribution in [3.8, 4) is 0 Å². The van der Waals surface area contributed by atoms with Gasteiger partial charge in [0.25, 0.3) is 0 Å². The summed E-state index contributed by atoms with van der Waals surface area (Å²) < 4.78 is 27.5. The summed E-state index contributed by atoms with van der Waals surface area (Å²) in [5.41, 5.74) is -1.26. The molecule has 23 heavy (non-hydrogen) atoms. The standard InChI is InChI=1S/C17H21F2NO3/c1-11(14-12(18)6-5-7-13(14)19)15(21)20-10-17(16(22)23)8-3-2-4-9-17/h5-7,11H,2-4,8-10H2,1H3,(H,20,21)(H,22,23). The number of carboxylic acid groups (broad SMARTS) is 1. The molecule has 1 saturated carbocycles. The minimum absolute atomic E-state index is 0.0123. The van der Waals surface area contributed by atoms with Crippen LogP contribution in [0.15, 0.2) is 18.2 Å². The Balaban J connectivity index is 2.08. The van der Waals surface area contributed by atoms with E-state index in [1.165, 1.54) is 13.0 Å². The molecule has 1 aliphatic carbocycles. The number of benzene rings is 1. The van der Waals surface area contributed by atoms with E-state index in [0.29, 0.717) is 12.8 Å². The zero-order valence-electron chi connectivity index (χ0n) is 13.1. The molecule has 2 rings (SSSR count). The molecule has 6 heteroatoms. The number of hydrogen-bond acceptors (Lipinski definition) is 2. The first-order valence-corrected chi connectivity index (χ1v) is 7.82. The summed E-state index contributed by atoms with van der Waals surface area (Å²) in [7, 11) is 0. The van der Waals surface area contributed by atoms with Gasteiger partial charge in [0.1, 0.15) is 11.6 Å². The lowest BCUT2D eigenvalue weighted by Crippen LogP contribution is -2.45. The van der Waals surface area contributed by atoms with E-state index in [9.17, 15) is 23.5 Å². The Bertz CT molecular complexity index is 577. The zero-order valence-corrected chi connectivity index (χ0v) is 13.1. The summed E-state index contributed by atoms with van der Waals surface area (Å²) in [6.45, 7) is 1.40. The molecule has 1 aromatic rings. The first-order chi connectivity index (χ1) is 10.9. The summed E-state index contributed by atoms with van der Waals surface area (Å²) in [5, 5.41) is 12.0. The third kappa shape index (κ3) is 3.68. The minimum atomic E-state index is -1.02. The van der Waals surface area contributed by atoms with Crippen LogP contribution in [-0.4, -0.2) is 23.5 Å². The fraction of sp³-hybridized carbons (Fsp3) is 0.529. The van der Waals surface area contributed by atoms with E-state index in [0.717, 1.165) is 31.4 Å². The summed E-state index contributed by atoms with van der Waals surface area (Å²) in [4.78, 5) is 23.8. The number of carboxylic acids is 1. The third-order valence-electron chi connectivity index (χ3n) is 4.69. The molecular weight excluding hydrogens is 304 g/mol. The molecule has 1 atom stereocenters. The van der Waals surface area contributed by atoms with Crippen LogP contribution < -0.4 is 5.32 Å². The van der Waals surface area contributed by atoms with Crippen LogP contribution in [0.25, 0.3) is 0 Å². The highest BCUT2D eigenvalue weighted by molar-refractivity contribution is 5.84. The maximum Gasteiger partial charge on any atom is 0.311 e. The van der Waals surface area contributed by atoms with E-state index < -0.39 is 34.8 Å². The number of aliphatic carboxylic acids is 1. The molecule has 0 aliphatic heterocycles. The molecule has 2 N–H and O–H groups in total. The molecule has 0 bridgehead atoms. The SMILES string of the molecule is CC(C(=O)NCC1(C(=O)O)CCCCC1)c1c(F)cccc1F. The summed E-state index contributed by atoms with van der Waals surface area (Å²) >= 11 is 0. The summed E-state index contributed by atoms with van der Waals surface area (Å²) in [6.07, 6.45) is 3.61. The Kier molecular flexibility index (Phi) is 5.34. The van der Waals surface area contributed by atoms with Gasteiger partial charge in [0, 0.05) is 12.1 Å². The van der Waals surface area contributed by atoms with Crippen LogP contribution in [0.2, 0.25) is 0 Å². The van der Waals surface area contributed by atoms with Crippen molar-refractivity contribution in [2.45, 2.75) is 44.9 Å². The van der Waals surface area contributed by atoms with E-state index in [2.05, 4.69) is 5.32 Å². The highest BCUT2D eigenvalue weighted by atomic mass is 19.1.